The van der Waals surface area contributed by atoms with Crippen LogP contribution in [0.25, 0.3) is 0 Å². The molecule has 0 radical (unpaired) electrons. The van der Waals surface area contributed by atoms with Gasteiger partial charge in [0.2, 0.25) is 0 Å². The fraction of sp³-hybridized carbons (Fsp3) is 0.889. The maximum atomic E-state index is 12.6. The first-order valence-corrected chi connectivity index (χ1v) is 9.20. The number of nitrogens with zero attached hydrogens (tertiary/aromatic N) is 2. The number of carbonyl (C=O) groups excluding carboxylic acids is 2. The summed E-state index contributed by atoms with van der Waals surface area (Å²) in [6, 6.07) is 0. The molecule has 0 aliphatic rings. The zero-order valence-electron chi connectivity index (χ0n) is 15.2. The van der Waals surface area contributed by atoms with Crippen molar-refractivity contribution in [1.29, 1.82) is 0 Å². The fourth-order valence-electron chi connectivity index (χ4n) is 2.30. The number of unbranched alkanes of at least 4 members (excludes halogenated alkanes) is 4. The molecule has 0 heterocycles. The third-order valence-corrected chi connectivity index (χ3v) is 3.88. The lowest BCUT2D eigenvalue weighted by atomic mass is 10.2. The molecule has 0 unspecified atom stereocenters. The molecule has 0 aromatic heterocycles. The Morgan fingerprint density at radius 2 is 0.773 bits per heavy atom. The Bertz CT molecular complexity index is 259. The average Bonchev–Trinajstić information content (AvgIpc) is 2.54. The molecule has 0 aromatic rings. The molecule has 0 bridgehead atoms. The zero-order chi connectivity index (χ0) is 16.8. The lowest BCUT2D eigenvalue weighted by Gasteiger charge is -2.27. The summed E-state index contributed by atoms with van der Waals surface area (Å²) in [6.07, 6.45) is 8.02. The second kappa shape index (κ2) is 13.6. The number of rotatable bonds is 12. The Hall–Kier alpha value is -1.06. The van der Waals surface area contributed by atoms with E-state index in [1.54, 1.807) is 9.80 Å². The highest BCUT2D eigenvalue weighted by Crippen LogP contribution is 2.06. The SMILES string of the molecule is CCCCN(CCCC)C(=O)C(=O)N(CCCC)CCCC. The molecule has 0 saturated carbocycles. The van der Waals surface area contributed by atoms with Crippen molar-refractivity contribution in [2.75, 3.05) is 26.2 Å². The van der Waals surface area contributed by atoms with Gasteiger partial charge in [0.05, 0.1) is 0 Å². The van der Waals surface area contributed by atoms with E-state index >= 15 is 0 Å². The number of carbonyl (C=O) groups is 2. The first-order valence-electron chi connectivity index (χ1n) is 9.20. The van der Waals surface area contributed by atoms with E-state index in [0.29, 0.717) is 26.2 Å². The lowest BCUT2D eigenvalue weighted by molar-refractivity contribution is -0.152. The summed E-state index contributed by atoms with van der Waals surface area (Å²) in [5.41, 5.74) is 0. The van der Waals surface area contributed by atoms with Crippen molar-refractivity contribution in [3.63, 3.8) is 0 Å². The van der Waals surface area contributed by atoms with Gasteiger partial charge in [-0.1, -0.05) is 53.4 Å². The quantitative estimate of drug-likeness (QED) is 0.514. The molecule has 0 rings (SSSR count). The summed E-state index contributed by atoms with van der Waals surface area (Å²) in [6.45, 7) is 11.3. The van der Waals surface area contributed by atoms with E-state index in [2.05, 4.69) is 27.7 Å². The second-order valence-corrected chi connectivity index (χ2v) is 6.00. The van der Waals surface area contributed by atoms with E-state index in [0.717, 1.165) is 51.4 Å². The molecule has 0 saturated heterocycles. The standard InChI is InChI=1S/C18H36N2O2/c1-5-9-13-19(14-10-6-2)17(21)18(22)20(15-11-7-3)16-12-8-4/h5-16H2,1-4H3. The molecule has 22 heavy (non-hydrogen) atoms. The van der Waals surface area contributed by atoms with Gasteiger partial charge in [-0.25, -0.2) is 0 Å². The van der Waals surface area contributed by atoms with Crippen LogP contribution in [0.3, 0.4) is 0 Å². The van der Waals surface area contributed by atoms with Crippen LogP contribution in [0, 0.1) is 0 Å². The van der Waals surface area contributed by atoms with Crippen LogP contribution in [0.1, 0.15) is 79.1 Å². The monoisotopic (exact) mass is 312 g/mol. The van der Waals surface area contributed by atoms with E-state index in [1.165, 1.54) is 0 Å². The summed E-state index contributed by atoms with van der Waals surface area (Å²) < 4.78 is 0. The summed E-state index contributed by atoms with van der Waals surface area (Å²) in [5.74, 6) is -0.594. The molecule has 0 spiro atoms. The highest BCUT2D eigenvalue weighted by atomic mass is 16.2. The molecule has 130 valence electrons. The highest BCUT2D eigenvalue weighted by molar-refractivity contribution is 6.34. The van der Waals surface area contributed by atoms with Crippen LogP contribution in [-0.4, -0.2) is 47.8 Å². The first-order chi connectivity index (χ1) is 10.6. The minimum absolute atomic E-state index is 0.297. The Kier molecular flexibility index (Phi) is 12.9. The van der Waals surface area contributed by atoms with Gasteiger partial charge in [-0.3, -0.25) is 9.59 Å². The van der Waals surface area contributed by atoms with Gasteiger partial charge in [0.25, 0.3) is 0 Å². The van der Waals surface area contributed by atoms with E-state index in [4.69, 9.17) is 0 Å². The minimum Gasteiger partial charge on any atom is -0.334 e. The summed E-state index contributed by atoms with van der Waals surface area (Å²) in [7, 11) is 0. The maximum absolute atomic E-state index is 12.6. The molecular formula is C18H36N2O2. The molecule has 0 aliphatic heterocycles. The fourth-order valence-corrected chi connectivity index (χ4v) is 2.30. The molecule has 0 aromatic carbocycles. The molecule has 2 amide bonds. The van der Waals surface area contributed by atoms with Gasteiger partial charge in [-0.2, -0.15) is 0 Å². The second-order valence-electron chi connectivity index (χ2n) is 6.00. The van der Waals surface area contributed by atoms with Crippen molar-refractivity contribution in [3.8, 4) is 0 Å². The maximum Gasteiger partial charge on any atom is 0.312 e. The van der Waals surface area contributed by atoms with Crippen molar-refractivity contribution in [2.45, 2.75) is 79.1 Å². The van der Waals surface area contributed by atoms with Gasteiger partial charge in [-0.15, -0.1) is 0 Å². The highest BCUT2D eigenvalue weighted by Gasteiger charge is 2.25. The largest absolute Gasteiger partial charge is 0.334 e. The van der Waals surface area contributed by atoms with Gasteiger partial charge < -0.3 is 9.80 Å². The first kappa shape index (κ1) is 20.9. The Morgan fingerprint density at radius 1 is 0.545 bits per heavy atom. The Morgan fingerprint density at radius 3 is 0.955 bits per heavy atom. The van der Waals surface area contributed by atoms with E-state index < -0.39 is 0 Å². The molecule has 0 N–H and O–H groups in total. The number of hydrogen-bond acceptors (Lipinski definition) is 2. The van der Waals surface area contributed by atoms with Crippen molar-refractivity contribution in [2.24, 2.45) is 0 Å². The Balaban J connectivity index is 4.75. The molecule has 4 nitrogen and oxygen atoms in total. The molecule has 0 atom stereocenters. The van der Waals surface area contributed by atoms with Crippen LogP contribution in [0.5, 0.6) is 0 Å². The zero-order valence-corrected chi connectivity index (χ0v) is 15.2. The van der Waals surface area contributed by atoms with Crippen LogP contribution >= 0.6 is 0 Å². The number of amides is 2. The van der Waals surface area contributed by atoms with Crippen LogP contribution in [-0.2, 0) is 9.59 Å². The van der Waals surface area contributed by atoms with E-state index in [9.17, 15) is 9.59 Å². The van der Waals surface area contributed by atoms with Crippen LogP contribution in [0.2, 0.25) is 0 Å². The van der Waals surface area contributed by atoms with Crippen LogP contribution < -0.4 is 0 Å². The molecule has 4 heteroatoms. The molecule has 0 fully saturated rings. The molecular weight excluding hydrogens is 276 g/mol. The van der Waals surface area contributed by atoms with Crippen LogP contribution in [0.4, 0.5) is 0 Å². The number of hydrogen-bond donors (Lipinski definition) is 0. The smallest absolute Gasteiger partial charge is 0.312 e. The normalized spacial score (nSPS) is 10.5. The van der Waals surface area contributed by atoms with E-state index in [1.807, 2.05) is 0 Å². The van der Waals surface area contributed by atoms with Crippen molar-refractivity contribution in [1.82, 2.24) is 9.80 Å². The third kappa shape index (κ3) is 8.40. The summed E-state index contributed by atoms with van der Waals surface area (Å²) >= 11 is 0. The van der Waals surface area contributed by atoms with Gasteiger partial charge in [0.15, 0.2) is 0 Å². The summed E-state index contributed by atoms with van der Waals surface area (Å²) in [5, 5.41) is 0. The van der Waals surface area contributed by atoms with Crippen molar-refractivity contribution in [3.05, 3.63) is 0 Å². The van der Waals surface area contributed by atoms with E-state index in [-0.39, 0.29) is 11.8 Å². The minimum atomic E-state index is -0.297. The summed E-state index contributed by atoms with van der Waals surface area (Å²) in [4.78, 5) is 28.6. The van der Waals surface area contributed by atoms with Gasteiger partial charge >= 0.3 is 11.8 Å². The average molecular weight is 312 g/mol. The Labute approximate surface area is 137 Å². The van der Waals surface area contributed by atoms with Crippen molar-refractivity contribution < 1.29 is 9.59 Å². The van der Waals surface area contributed by atoms with Crippen LogP contribution in [0.15, 0.2) is 0 Å². The van der Waals surface area contributed by atoms with Gasteiger partial charge in [-0.05, 0) is 25.7 Å². The topological polar surface area (TPSA) is 40.6 Å². The van der Waals surface area contributed by atoms with Gasteiger partial charge in [0, 0.05) is 26.2 Å². The third-order valence-electron chi connectivity index (χ3n) is 3.88. The lowest BCUT2D eigenvalue weighted by Crippen LogP contribution is -2.46. The molecule has 0 aliphatic carbocycles. The van der Waals surface area contributed by atoms with Crippen molar-refractivity contribution >= 4 is 11.8 Å². The predicted molar refractivity (Wildman–Crippen MR) is 92.8 cm³/mol. The van der Waals surface area contributed by atoms with Gasteiger partial charge in [0.1, 0.15) is 0 Å². The predicted octanol–water partition coefficient (Wildman–Crippen LogP) is 3.84.